The van der Waals surface area contributed by atoms with E-state index in [0.29, 0.717) is 0 Å². The summed E-state index contributed by atoms with van der Waals surface area (Å²) in [5.41, 5.74) is 0. The first-order valence-electron chi connectivity index (χ1n) is 3.38. The molecule has 0 saturated heterocycles. The van der Waals surface area contributed by atoms with Crippen LogP contribution < -0.4 is 0 Å². The molecule has 0 aromatic carbocycles. The van der Waals surface area contributed by atoms with Crippen LogP contribution in [0.5, 0.6) is 0 Å². The number of hydrogen-bond acceptors (Lipinski definition) is 0. The molecule has 0 amide bonds. The second kappa shape index (κ2) is 7.55. The Labute approximate surface area is 108 Å². The van der Waals surface area contributed by atoms with Crippen LogP contribution in [-0.4, -0.2) is 8.07 Å². The van der Waals surface area contributed by atoms with Crippen LogP contribution in [0.25, 0.3) is 0 Å². The summed E-state index contributed by atoms with van der Waals surface area (Å²) in [6.45, 7) is 7.09. The van der Waals surface area contributed by atoms with Crippen molar-refractivity contribution >= 4 is 32.9 Å². The molecule has 4 heteroatoms. The maximum atomic E-state index is 3.20. The molecule has 12 heavy (non-hydrogen) atoms. The fourth-order valence-electron chi connectivity index (χ4n) is 0.919. The maximum absolute atomic E-state index is 3.20. The standard InChI is InChI=1S/C8H13Si.2ClH.Zr/c1-9(2,3)8-6-4-5-7-8;;;/h6-7H,4H2,1-3H3;2*1H;/q-1;;;. The van der Waals surface area contributed by atoms with Gasteiger partial charge in [-0.15, -0.1) is 31.2 Å². The Morgan fingerprint density at radius 3 is 1.92 bits per heavy atom. The van der Waals surface area contributed by atoms with Crippen LogP contribution in [0, 0.1) is 6.08 Å². The van der Waals surface area contributed by atoms with E-state index < -0.39 is 8.07 Å². The van der Waals surface area contributed by atoms with E-state index in [-0.39, 0.29) is 51.0 Å². The summed E-state index contributed by atoms with van der Waals surface area (Å²) in [6, 6.07) is 0. The molecule has 1 aliphatic carbocycles. The van der Waals surface area contributed by atoms with Gasteiger partial charge in [0.25, 0.3) is 0 Å². The Morgan fingerprint density at radius 1 is 1.25 bits per heavy atom. The van der Waals surface area contributed by atoms with Crippen molar-refractivity contribution in [3.05, 3.63) is 23.4 Å². The molecule has 70 valence electrons. The summed E-state index contributed by atoms with van der Waals surface area (Å²) in [7, 11) is -0.981. The van der Waals surface area contributed by atoms with Crippen LogP contribution in [0.2, 0.25) is 19.6 Å². The predicted molar refractivity (Wildman–Crippen MR) is 58.4 cm³/mol. The molecule has 0 bridgehead atoms. The van der Waals surface area contributed by atoms with Crippen molar-refractivity contribution in [2.24, 2.45) is 0 Å². The Balaban J connectivity index is -0.000000270. The van der Waals surface area contributed by atoms with Crippen molar-refractivity contribution < 1.29 is 26.2 Å². The van der Waals surface area contributed by atoms with Gasteiger partial charge >= 0.3 is 0 Å². The van der Waals surface area contributed by atoms with Crippen LogP contribution in [0.4, 0.5) is 0 Å². The minimum absolute atomic E-state index is 0. The maximum Gasteiger partial charge on any atom is 0 e. The van der Waals surface area contributed by atoms with E-state index in [1.54, 1.807) is 5.20 Å². The zero-order valence-electron chi connectivity index (χ0n) is 7.68. The van der Waals surface area contributed by atoms with Crippen molar-refractivity contribution in [3.63, 3.8) is 0 Å². The van der Waals surface area contributed by atoms with Crippen molar-refractivity contribution in [2.75, 3.05) is 0 Å². The van der Waals surface area contributed by atoms with Gasteiger partial charge < -0.3 is 0 Å². The molecule has 0 aromatic heterocycles. The van der Waals surface area contributed by atoms with Crippen LogP contribution in [0.3, 0.4) is 0 Å². The molecule has 1 aliphatic rings. The molecule has 0 unspecified atom stereocenters. The van der Waals surface area contributed by atoms with E-state index >= 15 is 0 Å². The Bertz CT molecular complexity index is 170. The largest absolute Gasteiger partial charge is 0.273 e. The van der Waals surface area contributed by atoms with Crippen LogP contribution in [0.1, 0.15) is 6.42 Å². The summed E-state index contributed by atoms with van der Waals surface area (Å²) < 4.78 is 0. The number of hydrogen-bond donors (Lipinski definition) is 0. The van der Waals surface area contributed by atoms with Gasteiger partial charge in [-0.2, -0.15) is 6.08 Å². The molecule has 0 aromatic rings. The van der Waals surface area contributed by atoms with E-state index in [4.69, 9.17) is 0 Å². The second-order valence-electron chi connectivity index (χ2n) is 3.46. The second-order valence-corrected chi connectivity index (χ2v) is 8.54. The van der Waals surface area contributed by atoms with Crippen molar-refractivity contribution in [1.29, 1.82) is 0 Å². The summed E-state index contributed by atoms with van der Waals surface area (Å²) in [6.07, 6.45) is 8.69. The summed E-state index contributed by atoms with van der Waals surface area (Å²) >= 11 is 0. The van der Waals surface area contributed by atoms with Crippen LogP contribution in [0.15, 0.2) is 17.3 Å². The Morgan fingerprint density at radius 2 is 1.75 bits per heavy atom. The fourth-order valence-corrected chi connectivity index (χ4v) is 2.17. The molecule has 1 rings (SSSR count). The summed E-state index contributed by atoms with van der Waals surface area (Å²) in [5, 5.41) is 1.56. The smallest absolute Gasteiger partial charge is 0 e. The normalized spacial score (nSPS) is 13.8. The molecule has 0 radical (unpaired) electrons. The first kappa shape index (κ1) is 18.9. The van der Waals surface area contributed by atoms with Crippen molar-refractivity contribution in [1.82, 2.24) is 0 Å². The summed E-state index contributed by atoms with van der Waals surface area (Å²) in [5.74, 6) is 0. The predicted octanol–water partition coefficient (Wildman–Crippen LogP) is 3.39. The topological polar surface area (TPSA) is 0 Å². The zero-order chi connectivity index (χ0) is 6.91. The average molecular weight is 301 g/mol. The molecule has 0 atom stereocenters. The molecular formula is C8H15Cl2SiZr-. The SMILES string of the molecule is C[Si](C)(C)C1=CC[C-]=C1.Cl.Cl.[Zr]. The van der Waals surface area contributed by atoms with Crippen LogP contribution >= 0.6 is 24.8 Å². The summed E-state index contributed by atoms with van der Waals surface area (Å²) in [4.78, 5) is 0. The molecule has 0 spiro atoms. The molecule has 0 aliphatic heterocycles. The third kappa shape index (κ3) is 5.75. The third-order valence-electron chi connectivity index (χ3n) is 1.56. The monoisotopic (exact) mass is 299 g/mol. The van der Waals surface area contributed by atoms with Crippen molar-refractivity contribution in [3.8, 4) is 0 Å². The van der Waals surface area contributed by atoms with Crippen molar-refractivity contribution in [2.45, 2.75) is 26.1 Å². The molecule has 0 fully saturated rings. The minimum Gasteiger partial charge on any atom is -0.273 e. The van der Waals surface area contributed by atoms with Gasteiger partial charge in [0.1, 0.15) is 0 Å². The van der Waals surface area contributed by atoms with E-state index in [2.05, 4.69) is 37.9 Å². The average Bonchev–Trinajstić information content (AvgIpc) is 2.08. The number of halogens is 2. The molecular weight excluding hydrogens is 286 g/mol. The van der Waals surface area contributed by atoms with Crippen LogP contribution in [-0.2, 0) is 26.2 Å². The fraction of sp³-hybridized carbons (Fsp3) is 0.500. The van der Waals surface area contributed by atoms with Gasteiger partial charge in [-0.3, -0.25) is 6.08 Å². The van der Waals surface area contributed by atoms with E-state index in [1.807, 2.05) is 0 Å². The minimum atomic E-state index is -0.981. The molecule has 0 nitrogen and oxygen atoms in total. The Hall–Kier alpha value is 1.16. The molecule has 0 saturated carbocycles. The quantitative estimate of drug-likeness (QED) is 0.514. The van der Waals surface area contributed by atoms with E-state index in [0.717, 1.165) is 6.42 Å². The van der Waals surface area contributed by atoms with Gasteiger partial charge in [-0.1, -0.05) is 19.6 Å². The third-order valence-corrected chi connectivity index (χ3v) is 3.64. The zero-order valence-corrected chi connectivity index (χ0v) is 12.8. The first-order chi connectivity index (χ1) is 4.11. The Kier molecular flexibility index (Phi) is 11.9. The van der Waals surface area contributed by atoms with Gasteiger partial charge in [-0.05, 0) is 8.07 Å². The molecule has 0 N–H and O–H groups in total. The first-order valence-corrected chi connectivity index (χ1v) is 6.88. The van der Waals surface area contributed by atoms with E-state index in [9.17, 15) is 0 Å². The number of allylic oxidation sites excluding steroid dienone is 4. The van der Waals surface area contributed by atoms with Gasteiger partial charge in [0.15, 0.2) is 0 Å². The van der Waals surface area contributed by atoms with Gasteiger partial charge in [0.05, 0.1) is 0 Å². The number of rotatable bonds is 1. The van der Waals surface area contributed by atoms with Gasteiger partial charge in [-0.25, -0.2) is 11.3 Å². The van der Waals surface area contributed by atoms with Gasteiger partial charge in [0.2, 0.25) is 0 Å². The molecule has 0 heterocycles. The van der Waals surface area contributed by atoms with E-state index in [1.165, 1.54) is 0 Å². The van der Waals surface area contributed by atoms with Gasteiger partial charge in [0, 0.05) is 26.2 Å².